The zero-order valence-corrected chi connectivity index (χ0v) is 13.8. The number of nitrogens with two attached hydrogens (primary N) is 1. The normalized spacial score (nSPS) is 13.5. The van der Waals surface area contributed by atoms with Crippen molar-refractivity contribution >= 4 is 0 Å². The summed E-state index contributed by atoms with van der Waals surface area (Å²) in [6.07, 6.45) is 0.855. The van der Waals surface area contributed by atoms with E-state index in [1.54, 1.807) is 0 Å². The van der Waals surface area contributed by atoms with E-state index >= 15 is 0 Å². The minimum atomic E-state index is -0.460. The maximum atomic E-state index is 6.84. The molecule has 1 unspecified atom stereocenters. The van der Waals surface area contributed by atoms with E-state index < -0.39 is 5.54 Å². The summed E-state index contributed by atoms with van der Waals surface area (Å²) in [7, 11) is 0. The van der Waals surface area contributed by atoms with Gasteiger partial charge in [0.05, 0.1) is 5.54 Å². The van der Waals surface area contributed by atoms with Crippen LogP contribution in [0.3, 0.4) is 0 Å². The first-order valence-corrected chi connectivity index (χ1v) is 8.15. The molecule has 0 aliphatic carbocycles. The lowest BCUT2D eigenvalue weighted by Crippen LogP contribution is -2.37. The predicted octanol–water partition coefficient (Wildman–Crippen LogP) is 5.27. The monoisotopic (exact) mass is 301 g/mol. The molecule has 1 heteroatoms. The van der Waals surface area contributed by atoms with Crippen molar-refractivity contribution in [2.75, 3.05) is 0 Å². The number of hydrogen-bond donors (Lipinski definition) is 1. The SMILES string of the molecule is CCC(N)(c1ccc(C)cc1)c1cccc(-c2ccccc2)c1. The molecule has 0 radical (unpaired) electrons. The summed E-state index contributed by atoms with van der Waals surface area (Å²) >= 11 is 0. The summed E-state index contributed by atoms with van der Waals surface area (Å²) in [6.45, 7) is 4.25. The van der Waals surface area contributed by atoms with E-state index in [1.165, 1.54) is 16.7 Å². The molecule has 0 saturated carbocycles. The van der Waals surface area contributed by atoms with Gasteiger partial charge in [-0.1, -0.05) is 85.3 Å². The Morgan fingerprint density at radius 1 is 0.739 bits per heavy atom. The van der Waals surface area contributed by atoms with Gasteiger partial charge < -0.3 is 5.73 Å². The summed E-state index contributed by atoms with van der Waals surface area (Å²) < 4.78 is 0. The van der Waals surface area contributed by atoms with Gasteiger partial charge >= 0.3 is 0 Å². The van der Waals surface area contributed by atoms with E-state index in [9.17, 15) is 0 Å². The largest absolute Gasteiger partial charge is 0.318 e. The van der Waals surface area contributed by atoms with Crippen LogP contribution in [0.2, 0.25) is 0 Å². The van der Waals surface area contributed by atoms with Crippen LogP contribution >= 0.6 is 0 Å². The minimum absolute atomic E-state index is 0.460. The first kappa shape index (κ1) is 15.5. The highest BCUT2D eigenvalue weighted by Crippen LogP contribution is 2.33. The lowest BCUT2D eigenvalue weighted by atomic mass is 9.80. The molecular weight excluding hydrogens is 278 g/mol. The van der Waals surface area contributed by atoms with Crippen LogP contribution < -0.4 is 5.73 Å². The van der Waals surface area contributed by atoms with Gasteiger partial charge in [-0.3, -0.25) is 0 Å². The zero-order chi connectivity index (χ0) is 16.3. The van der Waals surface area contributed by atoms with Crippen LogP contribution in [0.5, 0.6) is 0 Å². The zero-order valence-electron chi connectivity index (χ0n) is 13.8. The van der Waals surface area contributed by atoms with Crippen LogP contribution in [0.4, 0.5) is 0 Å². The number of benzene rings is 3. The summed E-state index contributed by atoms with van der Waals surface area (Å²) in [5.41, 5.74) is 12.4. The Balaban J connectivity index is 2.07. The maximum Gasteiger partial charge on any atom is 0.0663 e. The van der Waals surface area contributed by atoms with Crippen molar-refractivity contribution in [2.24, 2.45) is 5.73 Å². The van der Waals surface area contributed by atoms with Gasteiger partial charge in [-0.2, -0.15) is 0 Å². The molecule has 23 heavy (non-hydrogen) atoms. The van der Waals surface area contributed by atoms with Crippen molar-refractivity contribution in [3.8, 4) is 11.1 Å². The van der Waals surface area contributed by atoms with Gasteiger partial charge in [-0.25, -0.2) is 0 Å². The molecule has 0 bridgehead atoms. The second kappa shape index (κ2) is 6.39. The van der Waals surface area contributed by atoms with Crippen LogP contribution in [-0.2, 0) is 5.54 Å². The third kappa shape index (κ3) is 3.06. The highest BCUT2D eigenvalue weighted by atomic mass is 14.7. The van der Waals surface area contributed by atoms with Gasteiger partial charge in [0.1, 0.15) is 0 Å². The molecule has 0 heterocycles. The Labute approximate surface area is 138 Å². The molecular formula is C22H23N. The van der Waals surface area contributed by atoms with E-state index in [0.29, 0.717) is 0 Å². The first-order chi connectivity index (χ1) is 11.1. The minimum Gasteiger partial charge on any atom is -0.318 e. The molecule has 0 fully saturated rings. The molecule has 1 nitrogen and oxygen atoms in total. The predicted molar refractivity (Wildman–Crippen MR) is 98.3 cm³/mol. The van der Waals surface area contributed by atoms with E-state index in [-0.39, 0.29) is 0 Å². The first-order valence-electron chi connectivity index (χ1n) is 8.15. The highest BCUT2D eigenvalue weighted by Gasteiger charge is 2.27. The number of hydrogen-bond acceptors (Lipinski definition) is 1. The van der Waals surface area contributed by atoms with Crippen molar-refractivity contribution in [3.63, 3.8) is 0 Å². The van der Waals surface area contributed by atoms with Gasteiger partial charge in [0.2, 0.25) is 0 Å². The molecule has 0 amide bonds. The fraction of sp³-hybridized carbons (Fsp3) is 0.182. The van der Waals surface area contributed by atoms with Crippen LogP contribution in [0, 0.1) is 6.92 Å². The summed E-state index contributed by atoms with van der Waals surface area (Å²) in [4.78, 5) is 0. The Kier molecular flexibility index (Phi) is 4.31. The molecule has 0 saturated heterocycles. The third-order valence-corrected chi connectivity index (χ3v) is 4.61. The van der Waals surface area contributed by atoms with Crippen LogP contribution in [0.1, 0.15) is 30.0 Å². The van der Waals surface area contributed by atoms with Crippen LogP contribution in [-0.4, -0.2) is 0 Å². The van der Waals surface area contributed by atoms with Gasteiger partial charge in [0, 0.05) is 0 Å². The van der Waals surface area contributed by atoms with Gasteiger partial charge in [0.25, 0.3) is 0 Å². The number of rotatable bonds is 4. The summed E-state index contributed by atoms with van der Waals surface area (Å²) in [5, 5.41) is 0. The smallest absolute Gasteiger partial charge is 0.0663 e. The summed E-state index contributed by atoms with van der Waals surface area (Å²) in [5.74, 6) is 0. The van der Waals surface area contributed by atoms with E-state index in [4.69, 9.17) is 5.73 Å². The van der Waals surface area contributed by atoms with Crippen molar-refractivity contribution in [1.29, 1.82) is 0 Å². The molecule has 0 spiro atoms. The second-order valence-corrected chi connectivity index (χ2v) is 6.14. The average molecular weight is 301 g/mol. The van der Waals surface area contributed by atoms with Crippen molar-refractivity contribution < 1.29 is 0 Å². The third-order valence-electron chi connectivity index (χ3n) is 4.61. The molecule has 1 atom stereocenters. The molecule has 3 rings (SSSR count). The van der Waals surface area contributed by atoms with Gasteiger partial charge in [0.15, 0.2) is 0 Å². The van der Waals surface area contributed by atoms with Crippen molar-refractivity contribution in [1.82, 2.24) is 0 Å². The lowest BCUT2D eigenvalue weighted by Gasteiger charge is -2.30. The molecule has 0 aliphatic heterocycles. The fourth-order valence-corrected chi connectivity index (χ4v) is 3.03. The molecule has 3 aromatic rings. The molecule has 116 valence electrons. The van der Waals surface area contributed by atoms with E-state index in [0.717, 1.165) is 17.5 Å². The molecule has 0 aromatic heterocycles. The Hall–Kier alpha value is -2.38. The van der Waals surface area contributed by atoms with E-state index in [2.05, 4.69) is 86.6 Å². The Bertz CT molecular complexity index is 775. The average Bonchev–Trinajstić information content (AvgIpc) is 2.62. The van der Waals surface area contributed by atoms with Crippen molar-refractivity contribution in [2.45, 2.75) is 25.8 Å². The topological polar surface area (TPSA) is 26.0 Å². The van der Waals surface area contributed by atoms with Crippen LogP contribution in [0.15, 0.2) is 78.9 Å². The fourth-order valence-electron chi connectivity index (χ4n) is 3.03. The van der Waals surface area contributed by atoms with Gasteiger partial charge in [-0.15, -0.1) is 0 Å². The Morgan fingerprint density at radius 2 is 1.39 bits per heavy atom. The van der Waals surface area contributed by atoms with E-state index in [1.807, 2.05) is 6.07 Å². The lowest BCUT2D eigenvalue weighted by molar-refractivity contribution is 0.519. The van der Waals surface area contributed by atoms with Crippen LogP contribution in [0.25, 0.3) is 11.1 Å². The standard InChI is InChI=1S/C22H23N/c1-3-22(23,20-14-12-17(2)13-15-20)21-11-7-10-19(16-21)18-8-5-4-6-9-18/h4-16H,3,23H2,1-2H3. The van der Waals surface area contributed by atoms with Crippen molar-refractivity contribution in [3.05, 3.63) is 95.6 Å². The molecule has 2 N–H and O–H groups in total. The molecule has 0 aliphatic rings. The van der Waals surface area contributed by atoms with Gasteiger partial charge in [-0.05, 0) is 41.7 Å². The molecule has 3 aromatic carbocycles. The highest BCUT2D eigenvalue weighted by molar-refractivity contribution is 5.64. The number of aryl methyl sites for hydroxylation is 1. The Morgan fingerprint density at radius 3 is 2.04 bits per heavy atom. The maximum absolute atomic E-state index is 6.84. The summed E-state index contributed by atoms with van der Waals surface area (Å²) in [6, 6.07) is 27.6. The quantitative estimate of drug-likeness (QED) is 0.697. The second-order valence-electron chi connectivity index (χ2n) is 6.14.